The Morgan fingerprint density at radius 2 is 1.96 bits per heavy atom. The smallest absolute Gasteiger partial charge is 0.252 e. The number of aromatic nitrogens is 2. The molecule has 1 aromatic heterocycles. The molecule has 0 aliphatic rings. The van der Waals surface area contributed by atoms with Crippen LogP contribution in [0, 0.1) is 6.92 Å². The first-order chi connectivity index (χ1) is 11.5. The molecule has 5 heteroatoms. The Morgan fingerprint density at radius 1 is 1.21 bits per heavy atom. The molecule has 1 N–H and O–H groups in total. The third-order valence-corrected chi connectivity index (χ3v) is 4.12. The van der Waals surface area contributed by atoms with E-state index in [0.29, 0.717) is 10.6 Å². The van der Waals surface area contributed by atoms with Gasteiger partial charge in [-0.05, 0) is 30.7 Å². The zero-order valence-electron chi connectivity index (χ0n) is 13.5. The quantitative estimate of drug-likeness (QED) is 0.783. The Bertz CT molecular complexity index is 855. The predicted molar refractivity (Wildman–Crippen MR) is 95.1 cm³/mol. The van der Waals surface area contributed by atoms with Gasteiger partial charge in [0, 0.05) is 30.0 Å². The summed E-state index contributed by atoms with van der Waals surface area (Å²) in [5, 5.41) is 3.59. The molecular formula is C19H18ClN3O. The van der Waals surface area contributed by atoms with Gasteiger partial charge in [-0.15, -0.1) is 0 Å². The van der Waals surface area contributed by atoms with E-state index >= 15 is 0 Å². The summed E-state index contributed by atoms with van der Waals surface area (Å²) < 4.78 is 1.91. The third-order valence-electron chi connectivity index (χ3n) is 3.89. The molecule has 2 aromatic carbocycles. The molecule has 24 heavy (non-hydrogen) atoms. The zero-order chi connectivity index (χ0) is 17.1. The van der Waals surface area contributed by atoms with Crippen LogP contribution < -0.4 is 5.32 Å². The maximum atomic E-state index is 12.6. The highest BCUT2D eigenvalue weighted by Gasteiger charge is 2.21. The highest BCUT2D eigenvalue weighted by Crippen LogP contribution is 2.22. The average molecular weight is 340 g/mol. The number of carbonyl (C=O) groups is 1. The van der Waals surface area contributed by atoms with Crippen molar-refractivity contribution in [2.45, 2.75) is 13.0 Å². The van der Waals surface area contributed by atoms with E-state index in [-0.39, 0.29) is 11.9 Å². The van der Waals surface area contributed by atoms with Gasteiger partial charge >= 0.3 is 0 Å². The second kappa shape index (κ2) is 6.89. The van der Waals surface area contributed by atoms with Crippen LogP contribution in [-0.2, 0) is 7.05 Å². The van der Waals surface area contributed by atoms with Gasteiger partial charge in [-0.2, -0.15) is 0 Å². The van der Waals surface area contributed by atoms with Gasteiger partial charge in [0.25, 0.3) is 5.91 Å². The second-order valence-electron chi connectivity index (χ2n) is 5.72. The van der Waals surface area contributed by atoms with Crippen LogP contribution in [0.2, 0.25) is 5.02 Å². The van der Waals surface area contributed by atoms with E-state index in [4.69, 9.17) is 11.6 Å². The van der Waals surface area contributed by atoms with Gasteiger partial charge in [0.05, 0.1) is 0 Å². The van der Waals surface area contributed by atoms with Crippen molar-refractivity contribution in [1.82, 2.24) is 14.9 Å². The van der Waals surface area contributed by atoms with Gasteiger partial charge in [0.1, 0.15) is 11.9 Å². The first-order valence-corrected chi connectivity index (χ1v) is 8.02. The molecule has 0 saturated heterocycles. The fraction of sp³-hybridized carbons (Fsp3) is 0.158. The van der Waals surface area contributed by atoms with Crippen molar-refractivity contribution >= 4 is 17.5 Å². The van der Waals surface area contributed by atoms with Crippen molar-refractivity contribution in [1.29, 1.82) is 0 Å². The van der Waals surface area contributed by atoms with Crippen molar-refractivity contribution in [3.8, 4) is 0 Å². The van der Waals surface area contributed by atoms with E-state index in [1.165, 1.54) is 5.56 Å². The fourth-order valence-electron chi connectivity index (χ4n) is 2.56. The molecule has 4 nitrogen and oxygen atoms in total. The molecule has 0 bridgehead atoms. The highest BCUT2D eigenvalue weighted by molar-refractivity contribution is 6.30. The topological polar surface area (TPSA) is 46.9 Å². The van der Waals surface area contributed by atoms with E-state index in [9.17, 15) is 4.79 Å². The number of hydrogen-bond acceptors (Lipinski definition) is 2. The van der Waals surface area contributed by atoms with Gasteiger partial charge in [0.2, 0.25) is 0 Å². The van der Waals surface area contributed by atoms with Gasteiger partial charge < -0.3 is 9.88 Å². The predicted octanol–water partition coefficient (Wildman–Crippen LogP) is 3.90. The van der Waals surface area contributed by atoms with Crippen molar-refractivity contribution < 1.29 is 4.79 Å². The second-order valence-corrected chi connectivity index (χ2v) is 6.16. The van der Waals surface area contributed by atoms with Crippen LogP contribution in [0.5, 0.6) is 0 Å². The number of carbonyl (C=O) groups excluding carboxylic acids is 1. The Morgan fingerprint density at radius 3 is 2.58 bits per heavy atom. The minimum Gasteiger partial charge on any atom is -0.338 e. The molecule has 0 radical (unpaired) electrons. The van der Waals surface area contributed by atoms with Crippen LogP contribution in [0.25, 0.3) is 0 Å². The number of imidazole rings is 1. The Kier molecular flexibility index (Phi) is 4.67. The van der Waals surface area contributed by atoms with E-state index in [1.54, 1.807) is 30.5 Å². The normalized spacial score (nSPS) is 12.0. The molecule has 0 saturated carbocycles. The monoisotopic (exact) mass is 339 g/mol. The first-order valence-electron chi connectivity index (χ1n) is 7.65. The lowest BCUT2D eigenvalue weighted by atomic mass is 10.0. The number of rotatable bonds is 4. The lowest BCUT2D eigenvalue weighted by Gasteiger charge is -2.19. The van der Waals surface area contributed by atoms with E-state index in [2.05, 4.69) is 10.3 Å². The standard InChI is InChI=1S/C19H18ClN3O/c1-13-6-8-14(9-7-13)17(18-21-10-11-23(18)2)22-19(24)15-4-3-5-16(20)12-15/h3-12,17H,1-2H3,(H,22,24). The molecule has 1 amide bonds. The van der Waals surface area contributed by atoms with Crippen molar-refractivity contribution in [2.75, 3.05) is 0 Å². The van der Waals surface area contributed by atoms with E-state index in [0.717, 1.165) is 11.4 Å². The number of nitrogens with zero attached hydrogens (tertiary/aromatic N) is 2. The highest BCUT2D eigenvalue weighted by atomic mass is 35.5. The summed E-state index contributed by atoms with van der Waals surface area (Å²) in [6.45, 7) is 2.03. The molecule has 0 spiro atoms. The summed E-state index contributed by atoms with van der Waals surface area (Å²) in [5.41, 5.74) is 2.66. The molecule has 0 aliphatic heterocycles. The number of halogens is 1. The molecule has 1 atom stereocenters. The van der Waals surface area contributed by atoms with E-state index < -0.39 is 0 Å². The molecule has 0 fully saturated rings. The molecule has 3 aromatic rings. The van der Waals surface area contributed by atoms with E-state index in [1.807, 2.05) is 49.0 Å². The minimum absolute atomic E-state index is 0.189. The lowest BCUT2D eigenvalue weighted by molar-refractivity contribution is 0.0941. The summed E-state index contributed by atoms with van der Waals surface area (Å²) in [4.78, 5) is 17.0. The van der Waals surface area contributed by atoms with Crippen LogP contribution in [0.1, 0.15) is 33.4 Å². The molecule has 1 unspecified atom stereocenters. The summed E-state index contributed by atoms with van der Waals surface area (Å²) in [6, 6.07) is 14.6. The summed E-state index contributed by atoms with van der Waals surface area (Å²) in [6.07, 6.45) is 3.59. The number of amides is 1. The molecule has 122 valence electrons. The van der Waals surface area contributed by atoms with Crippen LogP contribution in [0.15, 0.2) is 60.9 Å². The summed E-state index contributed by atoms with van der Waals surface area (Å²) in [7, 11) is 1.91. The van der Waals surface area contributed by atoms with Crippen LogP contribution >= 0.6 is 11.6 Å². The average Bonchev–Trinajstić information content (AvgIpc) is 2.99. The Hall–Kier alpha value is -2.59. The Balaban J connectivity index is 1.95. The molecular weight excluding hydrogens is 322 g/mol. The van der Waals surface area contributed by atoms with Crippen molar-refractivity contribution in [3.63, 3.8) is 0 Å². The van der Waals surface area contributed by atoms with Crippen molar-refractivity contribution in [2.24, 2.45) is 7.05 Å². The van der Waals surface area contributed by atoms with Gasteiger partial charge in [-0.1, -0.05) is 47.5 Å². The van der Waals surface area contributed by atoms with Crippen LogP contribution in [-0.4, -0.2) is 15.5 Å². The third kappa shape index (κ3) is 3.49. The maximum Gasteiger partial charge on any atom is 0.252 e. The lowest BCUT2D eigenvalue weighted by Crippen LogP contribution is -2.31. The largest absolute Gasteiger partial charge is 0.338 e. The SMILES string of the molecule is Cc1ccc(C(NC(=O)c2cccc(Cl)c2)c2nccn2C)cc1. The van der Waals surface area contributed by atoms with Gasteiger partial charge in [0.15, 0.2) is 0 Å². The van der Waals surface area contributed by atoms with Gasteiger partial charge in [-0.25, -0.2) is 4.98 Å². The fourth-order valence-corrected chi connectivity index (χ4v) is 2.75. The number of aryl methyl sites for hydroxylation is 2. The number of nitrogens with one attached hydrogen (secondary N) is 1. The Labute approximate surface area is 146 Å². The molecule has 1 heterocycles. The number of benzene rings is 2. The summed E-state index contributed by atoms with van der Waals surface area (Å²) >= 11 is 5.99. The molecule has 0 aliphatic carbocycles. The molecule has 3 rings (SSSR count). The van der Waals surface area contributed by atoms with Crippen LogP contribution in [0.3, 0.4) is 0 Å². The zero-order valence-corrected chi connectivity index (χ0v) is 14.3. The van der Waals surface area contributed by atoms with Crippen molar-refractivity contribution in [3.05, 3.63) is 88.5 Å². The summed E-state index contributed by atoms with van der Waals surface area (Å²) in [5.74, 6) is 0.584. The number of hydrogen-bond donors (Lipinski definition) is 1. The first kappa shape index (κ1) is 16.3. The van der Waals surface area contributed by atoms with Gasteiger partial charge in [-0.3, -0.25) is 4.79 Å². The minimum atomic E-state index is -0.336. The maximum absolute atomic E-state index is 12.6. The van der Waals surface area contributed by atoms with Crippen LogP contribution in [0.4, 0.5) is 0 Å².